The highest BCUT2D eigenvalue weighted by molar-refractivity contribution is 5.77. The number of ether oxygens (including phenoxy) is 1. The van der Waals surface area contributed by atoms with E-state index >= 15 is 0 Å². The molecule has 0 aliphatic carbocycles. The van der Waals surface area contributed by atoms with Crippen LogP contribution in [0.2, 0.25) is 0 Å². The van der Waals surface area contributed by atoms with Crippen molar-refractivity contribution >= 4 is 17.1 Å². The van der Waals surface area contributed by atoms with Crippen LogP contribution in [0.3, 0.4) is 0 Å². The lowest BCUT2D eigenvalue weighted by molar-refractivity contribution is -0.135. The Morgan fingerprint density at radius 3 is 2.45 bits per heavy atom. The number of nitrogens with zero attached hydrogens (tertiary/aromatic N) is 2. The number of hydrogen-bond acceptors (Lipinski definition) is 4. The molecule has 0 aliphatic rings. The first-order valence-corrected chi connectivity index (χ1v) is 9.61. The van der Waals surface area contributed by atoms with Gasteiger partial charge in [-0.2, -0.15) is 13.2 Å². The van der Waals surface area contributed by atoms with Crippen molar-refractivity contribution < 1.29 is 27.8 Å². The molecule has 29 heavy (non-hydrogen) atoms. The molecule has 0 radical (unpaired) electrons. The third kappa shape index (κ3) is 8.31. The number of aliphatic hydroxyl groups excluding tert-OH is 1. The molecule has 0 unspecified atom stereocenters. The molecule has 6 nitrogen and oxygen atoms in total. The molecular formula is C20H30F3N3O3. The van der Waals surface area contributed by atoms with E-state index in [4.69, 9.17) is 4.74 Å². The number of carbonyl (C=O) groups excluding carboxylic acids is 1. The summed E-state index contributed by atoms with van der Waals surface area (Å²) in [5, 5.41) is 12.1. The van der Waals surface area contributed by atoms with Gasteiger partial charge in [0.1, 0.15) is 18.0 Å². The van der Waals surface area contributed by atoms with Crippen LogP contribution < -0.4 is 5.32 Å². The van der Waals surface area contributed by atoms with E-state index in [1.54, 1.807) is 43.5 Å². The smallest absolute Gasteiger partial charge is 0.407 e. The van der Waals surface area contributed by atoms with Gasteiger partial charge in [-0.05, 0) is 44.9 Å². The van der Waals surface area contributed by atoms with E-state index in [1.165, 1.54) is 0 Å². The summed E-state index contributed by atoms with van der Waals surface area (Å²) in [6.45, 7) is 9.26. The number of alkyl halides is 3. The molecule has 0 saturated heterocycles. The zero-order valence-electron chi connectivity index (χ0n) is 17.6. The van der Waals surface area contributed by atoms with Crippen molar-refractivity contribution in [2.75, 3.05) is 0 Å². The highest BCUT2D eigenvalue weighted by Crippen LogP contribution is 2.24. The fourth-order valence-corrected chi connectivity index (χ4v) is 2.63. The van der Waals surface area contributed by atoms with Gasteiger partial charge in [-0.3, -0.25) is 0 Å². The molecular weight excluding hydrogens is 387 g/mol. The van der Waals surface area contributed by atoms with Gasteiger partial charge < -0.3 is 19.7 Å². The fraction of sp³-hybridized carbons (Fsp3) is 0.600. The van der Waals surface area contributed by atoms with Crippen LogP contribution in [-0.2, 0) is 24.4 Å². The number of hydrogen-bond donors (Lipinski definition) is 2. The highest BCUT2D eigenvalue weighted by atomic mass is 19.4. The summed E-state index contributed by atoms with van der Waals surface area (Å²) >= 11 is 0. The molecule has 0 fully saturated rings. The van der Waals surface area contributed by atoms with Crippen molar-refractivity contribution in [1.29, 1.82) is 0 Å². The number of benzene rings is 1. The third-order valence-corrected chi connectivity index (χ3v) is 3.71. The summed E-state index contributed by atoms with van der Waals surface area (Å²) < 4.78 is 43.9. The van der Waals surface area contributed by atoms with Crippen LogP contribution in [-0.4, -0.2) is 32.5 Å². The lowest BCUT2D eigenvalue weighted by Gasteiger charge is -2.19. The predicted molar refractivity (Wildman–Crippen MR) is 105 cm³/mol. The van der Waals surface area contributed by atoms with Crippen LogP contribution in [0.4, 0.5) is 18.0 Å². The van der Waals surface area contributed by atoms with Gasteiger partial charge in [0.25, 0.3) is 0 Å². The molecule has 0 aliphatic heterocycles. The topological polar surface area (TPSA) is 76.4 Å². The SMILES string of the molecule is CC.CC(C)(C)OC(=O)NCc1ccc2c(c1)nc(CO)n2CCCC(F)(F)F. The largest absolute Gasteiger partial charge is 0.444 e. The average Bonchev–Trinajstić information content (AvgIpc) is 2.96. The van der Waals surface area contributed by atoms with Gasteiger partial charge in [0.05, 0.1) is 11.0 Å². The molecule has 1 heterocycles. The minimum atomic E-state index is -4.21. The van der Waals surface area contributed by atoms with Crippen molar-refractivity contribution in [3.05, 3.63) is 29.6 Å². The third-order valence-electron chi connectivity index (χ3n) is 3.71. The van der Waals surface area contributed by atoms with Gasteiger partial charge in [0.2, 0.25) is 0 Å². The van der Waals surface area contributed by atoms with Gasteiger partial charge in [0.15, 0.2) is 0 Å². The number of carbonyl (C=O) groups is 1. The van der Waals surface area contributed by atoms with Gasteiger partial charge in [-0.15, -0.1) is 0 Å². The Balaban J connectivity index is 0.00000204. The number of aromatic nitrogens is 2. The maximum Gasteiger partial charge on any atom is 0.407 e. The van der Waals surface area contributed by atoms with Crippen LogP contribution in [0.5, 0.6) is 0 Å². The summed E-state index contributed by atoms with van der Waals surface area (Å²) in [5.41, 5.74) is 1.36. The Labute approximate surface area is 169 Å². The maximum atomic E-state index is 12.4. The minimum absolute atomic E-state index is 0.0933. The van der Waals surface area contributed by atoms with E-state index in [0.29, 0.717) is 16.9 Å². The Bertz CT molecular complexity index is 796. The molecule has 2 aromatic rings. The van der Waals surface area contributed by atoms with E-state index in [1.807, 2.05) is 13.8 Å². The summed E-state index contributed by atoms with van der Waals surface area (Å²) in [6.07, 6.45) is -5.74. The molecule has 1 aromatic carbocycles. The second kappa shape index (κ2) is 10.5. The minimum Gasteiger partial charge on any atom is -0.444 e. The summed E-state index contributed by atoms with van der Waals surface area (Å²) in [7, 11) is 0. The average molecular weight is 417 g/mol. The van der Waals surface area contributed by atoms with E-state index in [-0.39, 0.29) is 26.1 Å². The van der Waals surface area contributed by atoms with E-state index in [2.05, 4.69) is 10.3 Å². The first kappa shape index (κ1) is 24.7. The molecule has 0 spiro atoms. The summed E-state index contributed by atoms with van der Waals surface area (Å²) in [6, 6.07) is 5.20. The first-order valence-electron chi connectivity index (χ1n) is 9.61. The number of nitrogens with one attached hydrogen (secondary N) is 1. The lowest BCUT2D eigenvalue weighted by atomic mass is 10.2. The monoisotopic (exact) mass is 417 g/mol. The Morgan fingerprint density at radius 1 is 1.24 bits per heavy atom. The zero-order valence-corrected chi connectivity index (χ0v) is 17.6. The van der Waals surface area contributed by atoms with Crippen LogP contribution in [0, 0.1) is 0 Å². The number of rotatable bonds is 6. The molecule has 0 saturated carbocycles. The summed E-state index contributed by atoms with van der Waals surface area (Å²) in [5.74, 6) is 0.310. The summed E-state index contributed by atoms with van der Waals surface area (Å²) in [4.78, 5) is 16.0. The Kier molecular flexibility index (Phi) is 8.94. The van der Waals surface area contributed by atoms with Crippen LogP contribution in [0.1, 0.15) is 58.8 Å². The number of fused-ring (bicyclic) bond motifs is 1. The van der Waals surface area contributed by atoms with Crippen molar-refractivity contribution in [2.24, 2.45) is 0 Å². The van der Waals surface area contributed by atoms with Crippen LogP contribution in [0.25, 0.3) is 11.0 Å². The Morgan fingerprint density at radius 2 is 1.90 bits per heavy atom. The molecule has 1 aromatic heterocycles. The number of aryl methyl sites for hydroxylation is 1. The molecule has 9 heteroatoms. The normalized spacial score (nSPS) is 11.8. The lowest BCUT2D eigenvalue weighted by Crippen LogP contribution is -2.32. The van der Waals surface area contributed by atoms with Crippen molar-refractivity contribution in [1.82, 2.24) is 14.9 Å². The van der Waals surface area contributed by atoms with E-state index in [9.17, 15) is 23.1 Å². The maximum absolute atomic E-state index is 12.4. The van der Waals surface area contributed by atoms with Gasteiger partial charge >= 0.3 is 12.3 Å². The molecule has 0 bridgehead atoms. The standard InChI is InChI=1S/C18H24F3N3O3.C2H6/c1-17(2,3)27-16(26)22-10-12-5-6-14-13(9-12)23-15(11-25)24(14)8-4-7-18(19,20)21;1-2/h5-6,9,25H,4,7-8,10-11H2,1-3H3,(H,22,26);1-2H3. The molecule has 0 atom stereocenters. The first-order chi connectivity index (χ1) is 13.5. The number of aliphatic hydroxyl groups is 1. The molecule has 164 valence electrons. The molecule has 1 amide bonds. The van der Waals surface area contributed by atoms with Crippen molar-refractivity contribution in [3.63, 3.8) is 0 Å². The number of alkyl carbamates (subject to hydrolysis) is 1. The molecule has 2 N–H and O–H groups in total. The quantitative estimate of drug-likeness (QED) is 0.699. The highest BCUT2D eigenvalue weighted by Gasteiger charge is 2.26. The van der Waals surface area contributed by atoms with Gasteiger partial charge in [0, 0.05) is 19.5 Å². The van der Waals surface area contributed by atoms with E-state index < -0.39 is 24.3 Å². The van der Waals surface area contributed by atoms with Crippen molar-refractivity contribution in [3.8, 4) is 0 Å². The number of imidazole rings is 1. The van der Waals surface area contributed by atoms with E-state index in [0.717, 1.165) is 5.56 Å². The predicted octanol–water partition coefficient (Wildman–Crippen LogP) is 4.92. The van der Waals surface area contributed by atoms with Crippen LogP contribution in [0.15, 0.2) is 18.2 Å². The zero-order chi connectivity index (χ0) is 22.2. The number of amides is 1. The number of halogens is 3. The van der Waals surface area contributed by atoms with Gasteiger partial charge in [-0.25, -0.2) is 9.78 Å². The van der Waals surface area contributed by atoms with Gasteiger partial charge in [-0.1, -0.05) is 19.9 Å². The molecule has 2 rings (SSSR count). The second-order valence-electron chi connectivity index (χ2n) is 7.24. The second-order valence-corrected chi connectivity index (χ2v) is 7.24. The Hall–Kier alpha value is -2.29. The van der Waals surface area contributed by atoms with Crippen LogP contribution >= 0.6 is 0 Å². The fourth-order valence-electron chi connectivity index (χ4n) is 2.63. The van der Waals surface area contributed by atoms with Crippen molar-refractivity contribution in [2.45, 2.75) is 78.9 Å².